The van der Waals surface area contributed by atoms with Gasteiger partial charge in [0.2, 0.25) is 5.91 Å². The van der Waals surface area contributed by atoms with Crippen molar-refractivity contribution in [2.75, 3.05) is 17.4 Å². The molecule has 0 radical (unpaired) electrons. The number of amides is 2. The number of hydrazone groups is 1. The second-order valence-corrected chi connectivity index (χ2v) is 6.90. The maximum Gasteiger partial charge on any atom is 0.338 e. The van der Waals surface area contributed by atoms with Crippen LogP contribution in [0.3, 0.4) is 0 Å². The van der Waals surface area contributed by atoms with E-state index in [1.165, 1.54) is 42.5 Å². The third-order valence-electron chi connectivity index (χ3n) is 4.92. The Bertz CT molecular complexity index is 1050. The zero-order valence-corrected chi connectivity index (χ0v) is 16.7. The molecular formula is C21H21FN4O4. The zero-order valence-electron chi connectivity index (χ0n) is 16.7. The van der Waals surface area contributed by atoms with E-state index in [4.69, 9.17) is 10.5 Å². The first kappa shape index (κ1) is 21.0. The fourth-order valence-electron chi connectivity index (χ4n) is 3.16. The molecule has 1 unspecified atom stereocenters. The van der Waals surface area contributed by atoms with Gasteiger partial charge in [-0.1, -0.05) is 0 Å². The first-order chi connectivity index (χ1) is 14.2. The van der Waals surface area contributed by atoms with Gasteiger partial charge in [0.15, 0.2) is 0 Å². The summed E-state index contributed by atoms with van der Waals surface area (Å²) in [6.45, 7) is 3.59. The van der Waals surface area contributed by atoms with Gasteiger partial charge in [-0.15, -0.1) is 0 Å². The number of carbonyl (C=O) groups is 3. The molecule has 156 valence electrons. The minimum atomic E-state index is -0.874. The predicted octanol–water partition coefficient (Wildman–Crippen LogP) is 2.29. The molecule has 2 amide bonds. The highest BCUT2D eigenvalue weighted by Crippen LogP contribution is 2.26. The molecule has 0 aromatic heterocycles. The van der Waals surface area contributed by atoms with Crippen molar-refractivity contribution in [1.29, 1.82) is 0 Å². The lowest BCUT2D eigenvalue weighted by Gasteiger charge is -2.20. The van der Waals surface area contributed by atoms with Gasteiger partial charge in [-0.3, -0.25) is 14.6 Å². The predicted molar refractivity (Wildman–Crippen MR) is 110 cm³/mol. The minimum absolute atomic E-state index is 0.00670. The van der Waals surface area contributed by atoms with Crippen molar-refractivity contribution in [3.8, 4) is 0 Å². The molecule has 3 rings (SSSR count). The van der Waals surface area contributed by atoms with Crippen LogP contribution in [0.4, 0.5) is 15.8 Å². The number of nitrogens with one attached hydrogen (secondary N) is 1. The van der Waals surface area contributed by atoms with E-state index in [0.717, 1.165) is 11.1 Å². The average molecular weight is 412 g/mol. The summed E-state index contributed by atoms with van der Waals surface area (Å²) in [6.07, 6.45) is -0.00670. The number of benzene rings is 2. The number of anilines is 2. The molecule has 9 heteroatoms. The molecule has 3 N–H and O–H groups in total. The molecule has 30 heavy (non-hydrogen) atoms. The van der Waals surface area contributed by atoms with Crippen molar-refractivity contribution in [2.45, 2.75) is 26.3 Å². The van der Waals surface area contributed by atoms with E-state index < -0.39 is 29.6 Å². The van der Waals surface area contributed by atoms with E-state index >= 15 is 0 Å². The summed E-state index contributed by atoms with van der Waals surface area (Å²) in [5, 5.41) is 8.22. The number of nitrogens with two attached hydrogens (primary N) is 1. The van der Waals surface area contributed by atoms with E-state index in [9.17, 15) is 18.8 Å². The fraction of sp³-hybridized carbons (Fsp3) is 0.238. The van der Waals surface area contributed by atoms with Crippen molar-refractivity contribution in [3.63, 3.8) is 0 Å². The molecule has 1 atom stereocenters. The molecule has 0 saturated carbocycles. The van der Waals surface area contributed by atoms with Gasteiger partial charge in [0.1, 0.15) is 17.6 Å². The molecule has 0 bridgehead atoms. The summed E-state index contributed by atoms with van der Waals surface area (Å²) in [6, 6.07) is 7.71. The number of rotatable bonds is 5. The van der Waals surface area contributed by atoms with Gasteiger partial charge in [0, 0.05) is 12.1 Å². The Hall–Kier alpha value is -3.75. The first-order valence-electron chi connectivity index (χ1n) is 9.13. The monoisotopic (exact) mass is 412 g/mol. The summed E-state index contributed by atoms with van der Waals surface area (Å²) in [5.74, 6) is -2.15. The Morgan fingerprint density at radius 2 is 1.87 bits per heavy atom. The van der Waals surface area contributed by atoms with Crippen LogP contribution < -0.4 is 16.1 Å². The molecule has 8 nitrogen and oxygen atoms in total. The highest BCUT2D eigenvalue weighted by atomic mass is 19.1. The lowest BCUT2D eigenvalue weighted by Crippen LogP contribution is -2.39. The molecule has 2 aromatic carbocycles. The van der Waals surface area contributed by atoms with Crippen LogP contribution in [0.5, 0.6) is 0 Å². The second kappa shape index (κ2) is 8.32. The standard InChI is InChI=1S/C21H21FN4O4/c1-11-8-14(9-16(12(11)2)21(29)30-3)24-20(28)17-10-18(19(23)27)26(25-17)15-6-4-13(22)5-7-15/h4-9,18H,10H2,1-3H3,(H2,23,27)(H,24,28). The number of hydrogen-bond donors (Lipinski definition) is 2. The van der Waals surface area contributed by atoms with Gasteiger partial charge in [-0.25, -0.2) is 9.18 Å². The van der Waals surface area contributed by atoms with Crippen molar-refractivity contribution in [1.82, 2.24) is 0 Å². The Morgan fingerprint density at radius 3 is 2.47 bits per heavy atom. The summed E-state index contributed by atoms with van der Waals surface area (Å²) in [5.41, 5.74) is 8.25. The quantitative estimate of drug-likeness (QED) is 0.732. The normalized spacial score (nSPS) is 15.5. The van der Waals surface area contributed by atoms with Gasteiger partial charge >= 0.3 is 5.97 Å². The summed E-state index contributed by atoms with van der Waals surface area (Å²) in [4.78, 5) is 36.6. The molecule has 1 aliphatic rings. The average Bonchev–Trinajstić information content (AvgIpc) is 3.16. The molecule has 1 aliphatic heterocycles. The highest BCUT2D eigenvalue weighted by molar-refractivity contribution is 6.44. The number of ether oxygens (including phenoxy) is 1. The molecular weight excluding hydrogens is 391 g/mol. The Balaban J connectivity index is 1.87. The summed E-state index contributed by atoms with van der Waals surface area (Å²) < 4.78 is 18.0. The zero-order chi connectivity index (χ0) is 22.0. The topological polar surface area (TPSA) is 114 Å². The maximum absolute atomic E-state index is 13.2. The number of nitrogens with zero attached hydrogens (tertiary/aromatic N) is 2. The minimum Gasteiger partial charge on any atom is -0.465 e. The van der Waals surface area contributed by atoms with E-state index in [0.29, 0.717) is 16.9 Å². The molecule has 0 fully saturated rings. The van der Waals surface area contributed by atoms with Crippen LogP contribution in [-0.2, 0) is 14.3 Å². The van der Waals surface area contributed by atoms with Crippen molar-refractivity contribution >= 4 is 34.9 Å². The van der Waals surface area contributed by atoms with Gasteiger partial charge in [-0.05, 0) is 61.4 Å². The smallest absolute Gasteiger partial charge is 0.338 e. The Kier molecular flexibility index (Phi) is 5.81. The van der Waals surface area contributed by atoms with Crippen molar-refractivity contribution in [3.05, 3.63) is 58.9 Å². The summed E-state index contributed by atoms with van der Waals surface area (Å²) in [7, 11) is 1.28. The van der Waals surface area contributed by atoms with E-state index in [1.807, 2.05) is 6.92 Å². The molecule has 0 spiro atoms. The fourth-order valence-corrected chi connectivity index (χ4v) is 3.16. The number of halogens is 1. The van der Waals surface area contributed by atoms with E-state index in [2.05, 4.69) is 10.4 Å². The van der Waals surface area contributed by atoms with Crippen LogP contribution in [0, 0.1) is 19.7 Å². The number of methoxy groups -OCH3 is 1. The van der Waals surface area contributed by atoms with Crippen LogP contribution >= 0.6 is 0 Å². The van der Waals surface area contributed by atoms with Crippen molar-refractivity contribution in [2.24, 2.45) is 10.8 Å². The van der Waals surface area contributed by atoms with Gasteiger partial charge < -0.3 is 15.8 Å². The van der Waals surface area contributed by atoms with Crippen molar-refractivity contribution < 1.29 is 23.5 Å². The first-order valence-corrected chi connectivity index (χ1v) is 9.13. The van der Waals surface area contributed by atoms with Crippen LogP contribution in [0.2, 0.25) is 0 Å². The number of aryl methyl sites for hydroxylation is 1. The van der Waals surface area contributed by atoms with Crippen LogP contribution in [-0.4, -0.2) is 36.6 Å². The maximum atomic E-state index is 13.2. The third kappa shape index (κ3) is 4.14. The van der Waals surface area contributed by atoms with Crippen LogP contribution in [0.15, 0.2) is 41.5 Å². The molecule has 0 saturated heterocycles. The SMILES string of the molecule is COC(=O)c1cc(NC(=O)C2=NN(c3ccc(F)cc3)C(C(N)=O)C2)cc(C)c1C. The lowest BCUT2D eigenvalue weighted by molar-refractivity contribution is -0.119. The Morgan fingerprint density at radius 1 is 1.20 bits per heavy atom. The summed E-state index contributed by atoms with van der Waals surface area (Å²) >= 11 is 0. The number of primary amides is 1. The van der Waals surface area contributed by atoms with Crippen LogP contribution in [0.25, 0.3) is 0 Å². The van der Waals surface area contributed by atoms with E-state index in [1.54, 1.807) is 13.0 Å². The highest BCUT2D eigenvalue weighted by Gasteiger charge is 2.35. The molecule has 0 aliphatic carbocycles. The molecule has 2 aromatic rings. The number of esters is 1. The Labute approximate surface area is 172 Å². The van der Waals surface area contributed by atoms with E-state index in [-0.39, 0.29) is 12.1 Å². The number of hydrogen-bond acceptors (Lipinski definition) is 6. The number of carbonyl (C=O) groups excluding carboxylic acids is 3. The molecule has 1 heterocycles. The van der Waals surface area contributed by atoms with Crippen LogP contribution in [0.1, 0.15) is 27.9 Å². The second-order valence-electron chi connectivity index (χ2n) is 6.90. The van der Waals surface area contributed by atoms with Gasteiger partial charge in [0.05, 0.1) is 18.4 Å². The third-order valence-corrected chi connectivity index (χ3v) is 4.92. The lowest BCUT2D eigenvalue weighted by atomic mass is 10.0. The largest absolute Gasteiger partial charge is 0.465 e. The van der Waals surface area contributed by atoms with Gasteiger partial charge in [-0.2, -0.15) is 5.10 Å². The van der Waals surface area contributed by atoms with Gasteiger partial charge in [0.25, 0.3) is 5.91 Å².